The SMILES string of the molecule is COc1cc2c(cc1C=CC(=O)NNC(=O)COc1cc(C)cc(C)c1)OC(C)C2. The number of methoxy groups -OCH3 is 1. The fourth-order valence-electron chi connectivity index (χ4n) is 3.30. The second kappa shape index (κ2) is 9.35. The summed E-state index contributed by atoms with van der Waals surface area (Å²) in [6, 6.07) is 9.47. The van der Waals surface area contributed by atoms with Crippen LogP contribution in [-0.4, -0.2) is 31.6 Å². The number of rotatable bonds is 6. The smallest absolute Gasteiger partial charge is 0.276 e. The van der Waals surface area contributed by atoms with Gasteiger partial charge in [0.05, 0.1) is 7.11 Å². The van der Waals surface area contributed by atoms with Gasteiger partial charge in [0, 0.05) is 23.6 Å². The highest BCUT2D eigenvalue weighted by molar-refractivity contribution is 5.93. The zero-order chi connectivity index (χ0) is 21.7. The van der Waals surface area contributed by atoms with Crippen LogP contribution < -0.4 is 25.1 Å². The predicted octanol–water partition coefficient (Wildman–Crippen LogP) is 2.88. The van der Waals surface area contributed by atoms with Crippen LogP contribution in [0.3, 0.4) is 0 Å². The van der Waals surface area contributed by atoms with Gasteiger partial charge in [-0.15, -0.1) is 0 Å². The lowest BCUT2D eigenvalue weighted by molar-refractivity contribution is -0.128. The molecule has 2 N–H and O–H groups in total. The molecule has 0 aromatic heterocycles. The third-order valence-electron chi connectivity index (χ3n) is 4.55. The van der Waals surface area contributed by atoms with Crippen LogP contribution in [0.1, 0.15) is 29.2 Å². The van der Waals surface area contributed by atoms with Crippen molar-refractivity contribution in [1.82, 2.24) is 10.9 Å². The first-order chi connectivity index (χ1) is 14.3. The lowest BCUT2D eigenvalue weighted by atomic mass is 10.1. The Morgan fingerprint density at radius 2 is 1.87 bits per heavy atom. The molecule has 1 atom stereocenters. The third kappa shape index (κ3) is 5.53. The first-order valence-corrected chi connectivity index (χ1v) is 9.69. The van der Waals surface area contributed by atoms with Gasteiger partial charge in [0.1, 0.15) is 23.4 Å². The van der Waals surface area contributed by atoms with Crippen LogP contribution in [0.15, 0.2) is 36.4 Å². The van der Waals surface area contributed by atoms with Gasteiger partial charge in [-0.25, -0.2) is 0 Å². The fourth-order valence-corrected chi connectivity index (χ4v) is 3.30. The van der Waals surface area contributed by atoms with Gasteiger partial charge < -0.3 is 14.2 Å². The highest BCUT2D eigenvalue weighted by atomic mass is 16.5. The lowest BCUT2D eigenvalue weighted by Crippen LogP contribution is -2.43. The van der Waals surface area contributed by atoms with Crippen molar-refractivity contribution in [3.05, 3.63) is 58.7 Å². The predicted molar refractivity (Wildman–Crippen MR) is 114 cm³/mol. The molecule has 1 aliphatic rings. The summed E-state index contributed by atoms with van der Waals surface area (Å²) in [4.78, 5) is 24.0. The van der Waals surface area contributed by atoms with Gasteiger partial charge in [-0.2, -0.15) is 0 Å². The third-order valence-corrected chi connectivity index (χ3v) is 4.55. The molecular formula is C23H26N2O5. The van der Waals surface area contributed by atoms with Gasteiger partial charge in [-0.1, -0.05) is 6.07 Å². The van der Waals surface area contributed by atoms with E-state index in [1.54, 1.807) is 13.2 Å². The van der Waals surface area contributed by atoms with Crippen LogP contribution in [0, 0.1) is 13.8 Å². The van der Waals surface area contributed by atoms with E-state index >= 15 is 0 Å². The van der Waals surface area contributed by atoms with E-state index in [0.29, 0.717) is 17.1 Å². The molecule has 3 rings (SSSR count). The van der Waals surface area contributed by atoms with Crippen LogP contribution in [0.5, 0.6) is 17.2 Å². The average Bonchev–Trinajstić information content (AvgIpc) is 3.06. The van der Waals surface area contributed by atoms with Crippen molar-refractivity contribution in [3.63, 3.8) is 0 Å². The van der Waals surface area contributed by atoms with Gasteiger partial charge in [0.2, 0.25) is 0 Å². The zero-order valence-electron chi connectivity index (χ0n) is 17.6. The van der Waals surface area contributed by atoms with Crippen LogP contribution in [-0.2, 0) is 16.0 Å². The summed E-state index contributed by atoms with van der Waals surface area (Å²) in [5.74, 6) is 1.11. The number of hydrogen-bond acceptors (Lipinski definition) is 5. The molecule has 0 bridgehead atoms. The Morgan fingerprint density at radius 3 is 2.57 bits per heavy atom. The summed E-state index contributed by atoms with van der Waals surface area (Å²) in [7, 11) is 1.58. The average molecular weight is 410 g/mol. The number of hydrazine groups is 1. The molecule has 1 aliphatic heterocycles. The maximum absolute atomic E-state index is 12.0. The number of carbonyl (C=O) groups is 2. The Bertz CT molecular complexity index is 964. The summed E-state index contributed by atoms with van der Waals surface area (Å²) in [5, 5.41) is 0. The highest BCUT2D eigenvalue weighted by Gasteiger charge is 2.21. The molecule has 1 unspecified atom stereocenters. The number of nitrogens with one attached hydrogen (secondary N) is 2. The molecule has 0 radical (unpaired) electrons. The highest BCUT2D eigenvalue weighted by Crippen LogP contribution is 2.35. The van der Waals surface area contributed by atoms with E-state index in [-0.39, 0.29) is 12.7 Å². The Hall–Kier alpha value is -3.48. The monoisotopic (exact) mass is 410 g/mol. The van der Waals surface area contributed by atoms with E-state index in [1.807, 2.05) is 51.1 Å². The molecule has 7 heteroatoms. The van der Waals surface area contributed by atoms with E-state index in [1.165, 1.54) is 6.08 Å². The molecule has 2 aromatic rings. The van der Waals surface area contributed by atoms with Crippen molar-refractivity contribution in [2.75, 3.05) is 13.7 Å². The number of hydrogen-bond donors (Lipinski definition) is 2. The van der Waals surface area contributed by atoms with Crippen LogP contribution in [0.2, 0.25) is 0 Å². The van der Waals surface area contributed by atoms with Crippen LogP contribution in [0.25, 0.3) is 6.08 Å². The normalized spacial score (nSPS) is 14.7. The number of carbonyl (C=O) groups excluding carboxylic acids is 2. The second-order valence-corrected chi connectivity index (χ2v) is 7.32. The minimum Gasteiger partial charge on any atom is -0.496 e. The van der Waals surface area contributed by atoms with Gasteiger partial charge in [0.15, 0.2) is 6.61 Å². The number of fused-ring (bicyclic) bond motifs is 1. The molecule has 2 amide bonds. The Kier molecular flexibility index (Phi) is 6.61. The second-order valence-electron chi connectivity index (χ2n) is 7.32. The summed E-state index contributed by atoms with van der Waals surface area (Å²) in [5.41, 5.74) is 8.54. The molecular weight excluding hydrogens is 384 g/mol. The molecule has 1 heterocycles. The molecule has 0 saturated heterocycles. The molecule has 0 saturated carbocycles. The largest absolute Gasteiger partial charge is 0.496 e. The first-order valence-electron chi connectivity index (χ1n) is 9.69. The lowest BCUT2D eigenvalue weighted by Gasteiger charge is -2.09. The fraction of sp³-hybridized carbons (Fsp3) is 0.304. The van der Waals surface area contributed by atoms with Crippen molar-refractivity contribution >= 4 is 17.9 Å². The number of aryl methyl sites for hydroxylation is 2. The molecule has 0 aliphatic carbocycles. The van der Waals surface area contributed by atoms with Crippen molar-refractivity contribution in [2.45, 2.75) is 33.3 Å². The maximum atomic E-state index is 12.0. The van der Waals surface area contributed by atoms with E-state index < -0.39 is 11.8 Å². The standard InChI is InChI=1S/C23H26N2O5/c1-14-7-15(2)9-19(8-14)29-13-23(27)25-24-22(26)6-5-17-11-21-18(10-16(3)30-21)12-20(17)28-4/h5-9,11-12,16H,10,13H2,1-4H3,(H,24,26)(H,25,27). The first kappa shape index (κ1) is 21.2. The number of benzene rings is 2. The van der Waals surface area contributed by atoms with Crippen LogP contribution in [0.4, 0.5) is 0 Å². The summed E-state index contributed by atoms with van der Waals surface area (Å²) in [6.07, 6.45) is 3.87. The molecule has 0 spiro atoms. The number of amides is 2. The minimum absolute atomic E-state index is 0.119. The van der Waals surface area contributed by atoms with Gasteiger partial charge >= 0.3 is 0 Å². The summed E-state index contributed by atoms with van der Waals surface area (Å²) < 4.78 is 16.6. The molecule has 2 aromatic carbocycles. The van der Waals surface area contributed by atoms with Crippen molar-refractivity contribution in [1.29, 1.82) is 0 Å². The van der Waals surface area contributed by atoms with E-state index in [9.17, 15) is 9.59 Å². The Morgan fingerprint density at radius 1 is 1.13 bits per heavy atom. The quantitative estimate of drug-likeness (QED) is 0.565. The van der Waals surface area contributed by atoms with Gasteiger partial charge in [0.25, 0.3) is 11.8 Å². The zero-order valence-corrected chi connectivity index (χ0v) is 17.6. The van der Waals surface area contributed by atoms with Crippen molar-refractivity contribution in [2.24, 2.45) is 0 Å². The summed E-state index contributed by atoms with van der Waals surface area (Å²) >= 11 is 0. The van der Waals surface area contributed by atoms with Crippen molar-refractivity contribution in [3.8, 4) is 17.2 Å². The topological polar surface area (TPSA) is 85.9 Å². The van der Waals surface area contributed by atoms with E-state index in [0.717, 1.165) is 28.9 Å². The van der Waals surface area contributed by atoms with Crippen molar-refractivity contribution < 1.29 is 23.8 Å². The van der Waals surface area contributed by atoms with Gasteiger partial charge in [-0.05, 0) is 62.2 Å². The molecule has 0 fully saturated rings. The molecule has 30 heavy (non-hydrogen) atoms. The molecule has 7 nitrogen and oxygen atoms in total. The maximum Gasteiger partial charge on any atom is 0.276 e. The van der Waals surface area contributed by atoms with E-state index in [4.69, 9.17) is 14.2 Å². The molecule has 158 valence electrons. The van der Waals surface area contributed by atoms with Crippen LogP contribution >= 0.6 is 0 Å². The Labute approximate surface area is 176 Å². The van der Waals surface area contributed by atoms with E-state index in [2.05, 4.69) is 10.9 Å². The minimum atomic E-state index is -0.480. The van der Waals surface area contributed by atoms with Gasteiger partial charge in [-0.3, -0.25) is 20.4 Å². The Balaban J connectivity index is 1.51. The number of ether oxygens (including phenoxy) is 3. The summed E-state index contributed by atoms with van der Waals surface area (Å²) in [6.45, 7) is 5.70.